The summed E-state index contributed by atoms with van der Waals surface area (Å²) in [5.74, 6) is 0. The van der Waals surface area contributed by atoms with Crippen LogP contribution in [0.25, 0.3) is 76.5 Å². The van der Waals surface area contributed by atoms with Gasteiger partial charge in [0.15, 0.2) is 0 Å². The highest BCUT2D eigenvalue weighted by Crippen LogP contribution is 2.43. The predicted octanol–water partition coefficient (Wildman–Crippen LogP) is 13.3. The van der Waals surface area contributed by atoms with Gasteiger partial charge in [-0.25, -0.2) is 0 Å². The van der Waals surface area contributed by atoms with Gasteiger partial charge in [0.05, 0.1) is 12.3 Å². The first-order valence-electron chi connectivity index (χ1n) is 20.1. The lowest BCUT2D eigenvalue weighted by Crippen LogP contribution is -2.40. The Morgan fingerprint density at radius 2 is 0.983 bits per heavy atom. The minimum atomic E-state index is -0.354. The van der Waals surface area contributed by atoms with E-state index in [2.05, 4.69) is 205 Å². The molecule has 0 radical (unpaired) electrons. The molecule has 0 amide bonds. The van der Waals surface area contributed by atoms with E-state index in [0.717, 1.165) is 11.1 Å². The fraction of sp³-hybridized carbons (Fsp3) is 0.0545. The number of nitrogens with two attached hydrogens (primary N) is 1. The Hall–Kier alpha value is -6.88. The largest absolute Gasteiger partial charge is 0.312 e. The van der Waals surface area contributed by atoms with E-state index < -0.39 is 0 Å². The van der Waals surface area contributed by atoms with Crippen LogP contribution in [-0.4, -0.2) is 0 Å². The molecule has 10 rings (SSSR count). The predicted molar refractivity (Wildman–Crippen MR) is 245 cm³/mol. The Balaban J connectivity index is 0.991. The number of hydrogen-bond acceptors (Lipinski definition) is 3. The van der Waals surface area contributed by atoms with Gasteiger partial charge in [0.1, 0.15) is 0 Å². The van der Waals surface area contributed by atoms with Crippen LogP contribution in [0.4, 0.5) is 0 Å². The molecule has 0 aromatic heterocycles. The lowest BCUT2D eigenvalue weighted by atomic mass is 9.86. The highest BCUT2D eigenvalue weighted by atomic mass is 15.2. The number of hydrogen-bond donors (Lipinski definition) is 3. The Bertz CT molecular complexity index is 3050. The first-order valence-corrected chi connectivity index (χ1v) is 20.1. The smallest absolute Gasteiger partial charge is 0.0858 e. The molecule has 3 heteroatoms. The van der Waals surface area contributed by atoms with Gasteiger partial charge in [0, 0.05) is 6.54 Å². The van der Waals surface area contributed by atoms with Gasteiger partial charge >= 0.3 is 0 Å². The Kier molecular flexibility index (Phi) is 9.54. The normalized spacial score (nSPS) is 12.6. The number of benzene rings is 10. The van der Waals surface area contributed by atoms with E-state index in [4.69, 9.17) is 5.73 Å². The van der Waals surface area contributed by atoms with E-state index in [1.165, 1.54) is 82.0 Å². The van der Waals surface area contributed by atoms with Crippen LogP contribution in [0.2, 0.25) is 0 Å². The minimum Gasteiger partial charge on any atom is -0.312 e. The van der Waals surface area contributed by atoms with Crippen molar-refractivity contribution < 1.29 is 0 Å². The van der Waals surface area contributed by atoms with Crippen LogP contribution in [-0.2, 0) is 6.54 Å². The summed E-state index contributed by atoms with van der Waals surface area (Å²) in [7, 11) is 0. The fourth-order valence-corrected chi connectivity index (χ4v) is 8.73. The van der Waals surface area contributed by atoms with Crippen molar-refractivity contribution in [1.29, 1.82) is 0 Å². The van der Waals surface area contributed by atoms with Crippen molar-refractivity contribution in [3.63, 3.8) is 0 Å². The zero-order chi connectivity index (χ0) is 38.8. The quantitative estimate of drug-likeness (QED) is 0.0742. The van der Waals surface area contributed by atoms with Crippen molar-refractivity contribution >= 4 is 43.1 Å². The molecule has 0 bridgehead atoms. The average Bonchev–Trinajstić information content (AvgIpc) is 3.30. The summed E-state index contributed by atoms with van der Waals surface area (Å²) < 4.78 is 0. The third-order valence-corrected chi connectivity index (χ3v) is 11.6. The monoisotopic (exact) mass is 745 g/mol. The summed E-state index contributed by atoms with van der Waals surface area (Å²) in [5.41, 5.74) is 17.5. The van der Waals surface area contributed by atoms with Crippen LogP contribution >= 0.6 is 0 Å². The van der Waals surface area contributed by atoms with E-state index in [1.54, 1.807) is 0 Å². The molecule has 10 aromatic rings. The fourth-order valence-electron chi connectivity index (χ4n) is 8.73. The van der Waals surface area contributed by atoms with Gasteiger partial charge in [-0.1, -0.05) is 206 Å². The molecule has 0 aliphatic heterocycles. The topological polar surface area (TPSA) is 50.1 Å². The summed E-state index contributed by atoms with van der Waals surface area (Å²) >= 11 is 0. The zero-order valence-electron chi connectivity index (χ0n) is 32.1. The summed E-state index contributed by atoms with van der Waals surface area (Å²) in [5, 5.41) is 17.6. The summed E-state index contributed by atoms with van der Waals surface area (Å²) in [4.78, 5) is 0. The van der Waals surface area contributed by atoms with Gasteiger partial charge < -0.3 is 5.73 Å². The molecule has 2 atom stereocenters. The molecule has 0 saturated heterocycles. The van der Waals surface area contributed by atoms with Crippen molar-refractivity contribution in [1.82, 2.24) is 10.6 Å². The van der Waals surface area contributed by atoms with Crippen molar-refractivity contribution in [2.24, 2.45) is 5.73 Å². The SMILES string of the molecule is NC(NC(NCc1ccc(-c2ccc(-c3c4ccccc4cc4c3ccc3ccccc34)c3ccccc23)cc1)c1ccccc1-c1ccccc1)c1ccccc1. The van der Waals surface area contributed by atoms with E-state index >= 15 is 0 Å². The second-order valence-corrected chi connectivity index (χ2v) is 15.1. The van der Waals surface area contributed by atoms with Crippen LogP contribution in [0.5, 0.6) is 0 Å². The maximum absolute atomic E-state index is 6.79. The van der Waals surface area contributed by atoms with Gasteiger partial charge in [0.25, 0.3) is 0 Å². The molecule has 0 fully saturated rings. The third kappa shape index (κ3) is 6.72. The molecule has 278 valence electrons. The number of nitrogens with one attached hydrogen (secondary N) is 2. The van der Waals surface area contributed by atoms with Crippen molar-refractivity contribution in [2.75, 3.05) is 0 Å². The third-order valence-electron chi connectivity index (χ3n) is 11.6. The molecule has 3 nitrogen and oxygen atoms in total. The first kappa shape index (κ1) is 35.5. The standard InChI is InChI=1S/C55H43N3/c56-54(41-18-5-2-6-19-41)58-55(51-26-14-11-21-43(51)38-15-3-1-4-16-38)57-36-37-27-29-40(30-28-37)45-33-34-49(48-25-13-12-24-47(45)48)53-46-23-10-8-20-42(46)35-52-44-22-9-7-17-39(44)31-32-50(52)53/h1-35,54-55,57-58H,36,56H2. The lowest BCUT2D eigenvalue weighted by molar-refractivity contribution is 0.386. The van der Waals surface area contributed by atoms with Crippen LogP contribution in [0.15, 0.2) is 212 Å². The summed E-state index contributed by atoms with van der Waals surface area (Å²) in [6, 6.07) is 76.3. The molecule has 0 heterocycles. The summed E-state index contributed by atoms with van der Waals surface area (Å²) in [6.07, 6.45) is -0.557. The van der Waals surface area contributed by atoms with Crippen LogP contribution < -0.4 is 16.4 Å². The molecule has 10 aromatic carbocycles. The Labute approximate surface area is 339 Å². The molecule has 58 heavy (non-hydrogen) atoms. The highest BCUT2D eigenvalue weighted by molar-refractivity contribution is 6.23. The van der Waals surface area contributed by atoms with Crippen LogP contribution in [0.3, 0.4) is 0 Å². The van der Waals surface area contributed by atoms with E-state index in [0.29, 0.717) is 6.54 Å². The minimum absolute atomic E-state index is 0.203. The van der Waals surface area contributed by atoms with Gasteiger partial charge in [0.2, 0.25) is 0 Å². The van der Waals surface area contributed by atoms with Crippen molar-refractivity contribution in [3.8, 4) is 33.4 Å². The van der Waals surface area contributed by atoms with E-state index in [9.17, 15) is 0 Å². The Morgan fingerprint density at radius 1 is 0.397 bits per heavy atom. The lowest BCUT2D eigenvalue weighted by Gasteiger charge is -2.27. The van der Waals surface area contributed by atoms with E-state index in [-0.39, 0.29) is 12.3 Å². The molecular formula is C55H43N3. The zero-order valence-corrected chi connectivity index (χ0v) is 32.1. The molecule has 4 N–H and O–H groups in total. The Morgan fingerprint density at radius 3 is 1.76 bits per heavy atom. The number of fused-ring (bicyclic) bond motifs is 5. The van der Waals surface area contributed by atoms with Gasteiger partial charge in [-0.2, -0.15) is 0 Å². The second kappa shape index (κ2) is 15.6. The average molecular weight is 746 g/mol. The van der Waals surface area contributed by atoms with Crippen molar-refractivity contribution in [2.45, 2.75) is 18.9 Å². The summed E-state index contributed by atoms with van der Waals surface area (Å²) in [6.45, 7) is 0.658. The maximum Gasteiger partial charge on any atom is 0.0858 e. The molecule has 0 saturated carbocycles. The molecule has 0 aliphatic rings. The molecular weight excluding hydrogens is 703 g/mol. The van der Waals surface area contributed by atoms with Crippen molar-refractivity contribution in [3.05, 3.63) is 229 Å². The second-order valence-electron chi connectivity index (χ2n) is 15.1. The van der Waals surface area contributed by atoms with Gasteiger partial charge in [-0.3, -0.25) is 10.6 Å². The number of rotatable bonds is 10. The maximum atomic E-state index is 6.79. The van der Waals surface area contributed by atoms with Gasteiger partial charge in [-0.05, 0) is 99.2 Å². The molecule has 0 spiro atoms. The molecule has 2 unspecified atom stereocenters. The van der Waals surface area contributed by atoms with Gasteiger partial charge in [-0.15, -0.1) is 0 Å². The molecule has 0 aliphatic carbocycles. The highest BCUT2D eigenvalue weighted by Gasteiger charge is 2.20. The van der Waals surface area contributed by atoms with Crippen LogP contribution in [0.1, 0.15) is 29.0 Å². The van der Waals surface area contributed by atoms with E-state index in [1.807, 2.05) is 18.2 Å². The first-order chi connectivity index (χ1) is 28.7. The van der Waals surface area contributed by atoms with Crippen LogP contribution in [0, 0.1) is 0 Å².